The maximum absolute atomic E-state index is 13.9. The number of hydrogen-bond donors (Lipinski definition) is 1. The lowest BCUT2D eigenvalue weighted by Crippen LogP contribution is -1.96. The molecule has 18 heavy (non-hydrogen) atoms. The van der Waals surface area contributed by atoms with Crippen molar-refractivity contribution in [1.82, 2.24) is 19.3 Å². The van der Waals surface area contributed by atoms with Crippen molar-refractivity contribution in [1.29, 1.82) is 0 Å². The van der Waals surface area contributed by atoms with Crippen molar-refractivity contribution in [2.45, 2.75) is 0 Å². The third-order valence-electron chi connectivity index (χ3n) is 2.69. The van der Waals surface area contributed by atoms with Crippen LogP contribution in [0.25, 0.3) is 16.7 Å². The number of nitrogens with zero attached hydrogens (tertiary/aromatic N) is 3. The summed E-state index contributed by atoms with van der Waals surface area (Å²) in [6.45, 7) is 0. The Morgan fingerprint density at radius 3 is 2.78 bits per heavy atom. The fourth-order valence-electron chi connectivity index (χ4n) is 1.90. The highest BCUT2D eigenvalue weighted by atomic mass is 32.1. The van der Waals surface area contributed by atoms with Gasteiger partial charge < -0.3 is 4.98 Å². The average Bonchev–Trinajstić information content (AvgIpc) is 2.87. The molecule has 0 saturated carbocycles. The van der Waals surface area contributed by atoms with Gasteiger partial charge in [0.05, 0.1) is 17.4 Å². The minimum atomic E-state index is -0.927. The minimum absolute atomic E-state index is 0.0907. The minimum Gasteiger partial charge on any atom is -0.330 e. The van der Waals surface area contributed by atoms with Crippen LogP contribution in [0.3, 0.4) is 0 Å². The summed E-state index contributed by atoms with van der Waals surface area (Å²) >= 11 is 5.13. The Morgan fingerprint density at radius 2 is 2.11 bits per heavy atom. The molecular formula is C11H8F2N4S. The topological polar surface area (TPSA) is 38.5 Å². The van der Waals surface area contributed by atoms with Crippen molar-refractivity contribution in [3.63, 3.8) is 0 Å². The highest BCUT2D eigenvalue weighted by molar-refractivity contribution is 7.71. The molecule has 2 aromatic heterocycles. The molecule has 0 fully saturated rings. The number of fused-ring (bicyclic) bond motifs is 1. The van der Waals surface area contributed by atoms with Crippen molar-refractivity contribution in [3.05, 3.63) is 40.9 Å². The molecule has 0 saturated heterocycles. The SMILES string of the molecule is Cn1cc(-n2c(=S)[nH]c3ccc(F)c(F)c32)cn1. The van der Waals surface area contributed by atoms with Crippen LogP contribution >= 0.6 is 12.2 Å². The Morgan fingerprint density at radius 1 is 1.33 bits per heavy atom. The maximum Gasteiger partial charge on any atom is 0.184 e. The van der Waals surface area contributed by atoms with E-state index in [0.717, 1.165) is 6.07 Å². The monoisotopic (exact) mass is 266 g/mol. The van der Waals surface area contributed by atoms with Crippen LogP contribution in [-0.4, -0.2) is 19.3 Å². The van der Waals surface area contributed by atoms with E-state index in [9.17, 15) is 8.78 Å². The normalized spacial score (nSPS) is 11.3. The number of aryl methyl sites for hydroxylation is 1. The van der Waals surface area contributed by atoms with Crippen molar-refractivity contribution < 1.29 is 8.78 Å². The largest absolute Gasteiger partial charge is 0.330 e. The van der Waals surface area contributed by atoms with Crippen LogP contribution in [0, 0.1) is 16.4 Å². The Bertz CT molecular complexity index is 799. The zero-order valence-corrected chi connectivity index (χ0v) is 10.1. The quantitative estimate of drug-likeness (QED) is 0.688. The third-order valence-corrected chi connectivity index (χ3v) is 2.97. The number of imidazole rings is 1. The number of H-pyrrole nitrogens is 1. The van der Waals surface area contributed by atoms with Crippen molar-refractivity contribution in [2.24, 2.45) is 7.05 Å². The number of benzene rings is 1. The second-order valence-electron chi connectivity index (χ2n) is 3.90. The van der Waals surface area contributed by atoms with Gasteiger partial charge in [-0.15, -0.1) is 0 Å². The highest BCUT2D eigenvalue weighted by Gasteiger charge is 2.15. The van der Waals surface area contributed by atoms with Gasteiger partial charge in [-0.2, -0.15) is 5.10 Å². The maximum atomic E-state index is 13.9. The molecule has 1 N–H and O–H groups in total. The first-order valence-electron chi connectivity index (χ1n) is 5.15. The Balaban J connectivity index is 2.45. The van der Waals surface area contributed by atoms with Crippen molar-refractivity contribution in [2.75, 3.05) is 0 Å². The van der Waals surface area contributed by atoms with Gasteiger partial charge in [0.15, 0.2) is 16.4 Å². The second-order valence-corrected chi connectivity index (χ2v) is 4.28. The van der Waals surface area contributed by atoms with Gasteiger partial charge in [0, 0.05) is 13.2 Å². The van der Waals surface area contributed by atoms with Crippen molar-refractivity contribution in [3.8, 4) is 5.69 Å². The fourth-order valence-corrected chi connectivity index (χ4v) is 2.21. The van der Waals surface area contributed by atoms with E-state index in [1.807, 2.05) is 0 Å². The molecule has 0 spiro atoms. The molecule has 3 aromatic rings. The van der Waals surface area contributed by atoms with Gasteiger partial charge in [-0.3, -0.25) is 9.25 Å². The van der Waals surface area contributed by atoms with E-state index in [4.69, 9.17) is 12.2 Å². The van der Waals surface area contributed by atoms with E-state index in [-0.39, 0.29) is 5.52 Å². The van der Waals surface area contributed by atoms with Gasteiger partial charge in [0.25, 0.3) is 0 Å². The van der Waals surface area contributed by atoms with Gasteiger partial charge in [0.1, 0.15) is 5.52 Å². The molecule has 0 bridgehead atoms. The molecular weight excluding hydrogens is 258 g/mol. The summed E-state index contributed by atoms with van der Waals surface area (Å²) in [7, 11) is 1.74. The van der Waals surface area contributed by atoms with Crippen LogP contribution in [0.5, 0.6) is 0 Å². The van der Waals surface area contributed by atoms with E-state index < -0.39 is 11.6 Å². The molecule has 0 unspecified atom stereocenters. The molecule has 0 aliphatic rings. The van der Waals surface area contributed by atoms with Crippen LogP contribution in [0.1, 0.15) is 0 Å². The zero-order valence-electron chi connectivity index (χ0n) is 9.32. The van der Waals surface area contributed by atoms with E-state index in [1.54, 1.807) is 17.9 Å². The first-order chi connectivity index (χ1) is 8.58. The summed E-state index contributed by atoms with van der Waals surface area (Å²) in [6, 6.07) is 2.52. The summed E-state index contributed by atoms with van der Waals surface area (Å²) in [5.74, 6) is -1.84. The molecule has 4 nitrogen and oxygen atoms in total. The number of hydrogen-bond acceptors (Lipinski definition) is 2. The first kappa shape index (κ1) is 11.1. The summed E-state index contributed by atoms with van der Waals surface area (Å²) in [5.41, 5.74) is 1.12. The molecule has 92 valence electrons. The summed E-state index contributed by atoms with van der Waals surface area (Å²) in [5, 5.41) is 3.99. The molecule has 0 atom stereocenters. The van der Waals surface area contributed by atoms with Crippen LogP contribution in [0.2, 0.25) is 0 Å². The molecule has 3 rings (SSSR count). The molecule has 7 heteroatoms. The molecule has 2 heterocycles. The second kappa shape index (κ2) is 3.74. The average molecular weight is 266 g/mol. The molecule has 0 radical (unpaired) electrons. The number of halogens is 2. The van der Waals surface area contributed by atoms with Crippen LogP contribution in [0.15, 0.2) is 24.5 Å². The zero-order chi connectivity index (χ0) is 12.9. The number of rotatable bonds is 1. The van der Waals surface area contributed by atoms with Gasteiger partial charge in [0.2, 0.25) is 0 Å². The summed E-state index contributed by atoms with van der Waals surface area (Å²) < 4.78 is 30.5. The lowest BCUT2D eigenvalue weighted by atomic mass is 10.3. The third kappa shape index (κ3) is 1.47. The standard InChI is InChI=1S/C11H8F2N4S/c1-16-5-6(4-14-16)17-10-8(15-11(17)18)3-2-7(12)9(10)13/h2-5H,1H3,(H,15,18). The van der Waals surface area contributed by atoms with E-state index in [1.165, 1.54) is 16.8 Å². The Labute approximate surface area is 105 Å². The predicted octanol–water partition coefficient (Wildman–Crippen LogP) is 2.70. The van der Waals surface area contributed by atoms with Gasteiger partial charge in [-0.05, 0) is 24.4 Å². The molecule has 0 aliphatic heterocycles. The molecule has 1 aromatic carbocycles. The van der Waals surface area contributed by atoms with E-state index >= 15 is 0 Å². The Hall–Kier alpha value is -2.02. The summed E-state index contributed by atoms with van der Waals surface area (Å²) in [6.07, 6.45) is 3.21. The fraction of sp³-hybridized carbons (Fsp3) is 0.0909. The van der Waals surface area contributed by atoms with Gasteiger partial charge in [-0.1, -0.05) is 0 Å². The first-order valence-corrected chi connectivity index (χ1v) is 5.56. The predicted molar refractivity (Wildman–Crippen MR) is 65.1 cm³/mol. The Kier molecular flexibility index (Phi) is 2.30. The van der Waals surface area contributed by atoms with Gasteiger partial charge >= 0.3 is 0 Å². The van der Waals surface area contributed by atoms with Crippen LogP contribution < -0.4 is 0 Å². The number of aromatic amines is 1. The lowest BCUT2D eigenvalue weighted by Gasteiger charge is -2.01. The molecule has 0 aliphatic carbocycles. The highest BCUT2D eigenvalue weighted by Crippen LogP contribution is 2.23. The van der Waals surface area contributed by atoms with E-state index in [0.29, 0.717) is 16.0 Å². The summed E-state index contributed by atoms with van der Waals surface area (Å²) in [4.78, 5) is 2.84. The number of aromatic nitrogens is 4. The smallest absolute Gasteiger partial charge is 0.184 e. The molecule has 0 amide bonds. The van der Waals surface area contributed by atoms with Crippen LogP contribution in [0.4, 0.5) is 8.78 Å². The van der Waals surface area contributed by atoms with Crippen molar-refractivity contribution >= 4 is 23.3 Å². The lowest BCUT2D eigenvalue weighted by molar-refractivity contribution is 0.514. The van der Waals surface area contributed by atoms with Gasteiger partial charge in [-0.25, -0.2) is 8.78 Å². The number of nitrogens with one attached hydrogen (secondary N) is 1. The van der Waals surface area contributed by atoms with E-state index in [2.05, 4.69) is 10.1 Å². The van der Waals surface area contributed by atoms with Crippen LogP contribution in [-0.2, 0) is 7.05 Å².